The summed E-state index contributed by atoms with van der Waals surface area (Å²) in [6, 6.07) is 9.73. The first-order valence-electron chi connectivity index (χ1n) is 5.48. The Kier molecular flexibility index (Phi) is 4.50. The molecule has 0 radical (unpaired) electrons. The number of rotatable bonds is 5. The third-order valence-electron chi connectivity index (χ3n) is 2.39. The van der Waals surface area contributed by atoms with E-state index in [0.717, 1.165) is 12.1 Å². The van der Waals surface area contributed by atoms with Crippen LogP contribution >= 0.6 is 0 Å². The van der Waals surface area contributed by atoms with E-state index in [2.05, 4.69) is 5.32 Å². The average molecular weight is 205 g/mol. The smallest absolute Gasteiger partial charge is 0.156 e. The Morgan fingerprint density at radius 1 is 1.27 bits per heavy atom. The van der Waals surface area contributed by atoms with Crippen LogP contribution in [0.1, 0.15) is 32.4 Å². The Balaban J connectivity index is 2.88. The van der Waals surface area contributed by atoms with Crippen molar-refractivity contribution in [3.63, 3.8) is 0 Å². The minimum absolute atomic E-state index is 0.0641. The van der Waals surface area contributed by atoms with Crippen molar-refractivity contribution < 1.29 is 4.79 Å². The number of hydrogen-bond donors (Lipinski definition) is 1. The largest absolute Gasteiger partial charge is 0.304 e. The zero-order chi connectivity index (χ0) is 11.3. The van der Waals surface area contributed by atoms with Gasteiger partial charge in [0.15, 0.2) is 5.78 Å². The number of benzene rings is 1. The van der Waals surface area contributed by atoms with Gasteiger partial charge in [-0.2, -0.15) is 0 Å². The summed E-state index contributed by atoms with van der Waals surface area (Å²) in [5, 5.41) is 3.23. The highest BCUT2D eigenvalue weighted by Crippen LogP contribution is 2.17. The van der Waals surface area contributed by atoms with Gasteiger partial charge in [0.2, 0.25) is 0 Å². The number of Topliss-reactive ketones (excluding diaryl/α,β-unsaturated/α-hetero) is 1. The summed E-state index contributed by atoms with van der Waals surface area (Å²) in [7, 11) is 0. The van der Waals surface area contributed by atoms with Crippen LogP contribution in [0.4, 0.5) is 0 Å². The van der Waals surface area contributed by atoms with Crippen LogP contribution in [0.3, 0.4) is 0 Å². The van der Waals surface area contributed by atoms with Crippen molar-refractivity contribution in [3.05, 3.63) is 35.9 Å². The summed E-state index contributed by atoms with van der Waals surface area (Å²) in [6.45, 7) is 6.70. The van der Waals surface area contributed by atoms with Gasteiger partial charge in [0.05, 0.1) is 6.04 Å². The van der Waals surface area contributed by atoms with Gasteiger partial charge < -0.3 is 5.32 Å². The van der Waals surface area contributed by atoms with E-state index in [9.17, 15) is 4.79 Å². The second-order valence-corrected chi connectivity index (χ2v) is 3.96. The van der Waals surface area contributed by atoms with Gasteiger partial charge in [0, 0.05) is 5.92 Å². The molecule has 0 amide bonds. The Bertz CT molecular complexity index is 306. The van der Waals surface area contributed by atoms with E-state index in [1.54, 1.807) is 0 Å². The van der Waals surface area contributed by atoms with Crippen LogP contribution in [0.2, 0.25) is 0 Å². The molecule has 0 aliphatic carbocycles. The van der Waals surface area contributed by atoms with Crippen LogP contribution in [0.25, 0.3) is 0 Å². The highest BCUT2D eigenvalue weighted by atomic mass is 16.1. The SMILES string of the molecule is CCNC(C(=O)C(C)C)c1ccccc1. The van der Waals surface area contributed by atoms with Gasteiger partial charge in [-0.25, -0.2) is 0 Å². The normalized spacial score (nSPS) is 12.8. The monoisotopic (exact) mass is 205 g/mol. The molecule has 0 spiro atoms. The molecule has 0 fully saturated rings. The molecule has 0 heterocycles. The van der Waals surface area contributed by atoms with E-state index in [-0.39, 0.29) is 17.7 Å². The Hall–Kier alpha value is -1.15. The van der Waals surface area contributed by atoms with Crippen molar-refractivity contribution in [3.8, 4) is 0 Å². The van der Waals surface area contributed by atoms with Gasteiger partial charge in [-0.15, -0.1) is 0 Å². The van der Waals surface area contributed by atoms with E-state index >= 15 is 0 Å². The number of carbonyl (C=O) groups excluding carboxylic acids is 1. The summed E-state index contributed by atoms with van der Waals surface area (Å²) in [5.41, 5.74) is 1.05. The standard InChI is InChI=1S/C13H19NO/c1-4-14-12(13(15)10(2)3)11-8-6-5-7-9-11/h5-10,12,14H,4H2,1-3H3. The van der Waals surface area contributed by atoms with Gasteiger partial charge in [0.25, 0.3) is 0 Å². The van der Waals surface area contributed by atoms with Gasteiger partial charge in [-0.1, -0.05) is 51.1 Å². The van der Waals surface area contributed by atoms with Crippen molar-refractivity contribution >= 4 is 5.78 Å². The highest BCUT2D eigenvalue weighted by molar-refractivity contribution is 5.86. The third-order valence-corrected chi connectivity index (χ3v) is 2.39. The van der Waals surface area contributed by atoms with Crippen molar-refractivity contribution in [2.45, 2.75) is 26.8 Å². The molecule has 0 saturated carbocycles. The van der Waals surface area contributed by atoms with E-state index in [4.69, 9.17) is 0 Å². The fraction of sp³-hybridized carbons (Fsp3) is 0.462. The molecule has 0 bridgehead atoms. The Morgan fingerprint density at radius 2 is 1.87 bits per heavy atom. The second-order valence-electron chi connectivity index (χ2n) is 3.96. The summed E-state index contributed by atoms with van der Waals surface area (Å²) in [5.74, 6) is 0.317. The number of carbonyl (C=O) groups is 1. The lowest BCUT2D eigenvalue weighted by molar-refractivity contribution is -0.124. The summed E-state index contributed by atoms with van der Waals surface area (Å²) >= 11 is 0. The molecule has 2 heteroatoms. The molecule has 1 unspecified atom stereocenters. The van der Waals surface area contributed by atoms with E-state index in [1.165, 1.54) is 0 Å². The van der Waals surface area contributed by atoms with Gasteiger partial charge in [-0.3, -0.25) is 4.79 Å². The minimum Gasteiger partial charge on any atom is -0.304 e. The Morgan fingerprint density at radius 3 is 2.33 bits per heavy atom. The maximum absolute atomic E-state index is 12.0. The molecule has 1 atom stereocenters. The lowest BCUT2D eigenvalue weighted by Gasteiger charge is -2.18. The van der Waals surface area contributed by atoms with Crippen LogP contribution in [0, 0.1) is 5.92 Å². The fourth-order valence-electron chi connectivity index (χ4n) is 1.57. The quantitative estimate of drug-likeness (QED) is 0.800. The zero-order valence-electron chi connectivity index (χ0n) is 9.66. The molecule has 2 nitrogen and oxygen atoms in total. The summed E-state index contributed by atoms with van der Waals surface area (Å²) in [6.07, 6.45) is 0. The minimum atomic E-state index is -0.156. The molecule has 82 valence electrons. The van der Waals surface area contributed by atoms with Crippen LogP contribution in [0.15, 0.2) is 30.3 Å². The first-order chi connectivity index (χ1) is 7.16. The van der Waals surface area contributed by atoms with Crippen LogP contribution in [-0.4, -0.2) is 12.3 Å². The van der Waals surface area contributed by atoms with E-state index < -0.39 is 0 Å². The van der Waals surface area contributed by atoms with Crippen molar-refractivity contribution in [2.24, 2.45) is 5.92 Å². The van der Waals surface area contributed by atoms with Gasteiger partial charge in [0.1, 0.15) is 0 Å². The zero-order valence-corrected chi connectivity index (χ0v) is 9.66. The summed E-state index contributed by atoms with van der Waals surface area (Å²) < 4.78 is 0. The van der Waals surface area contributed by atoms with Crippen LogP contribution < -0.4 is 5.32 Å². The molecule has 0 aromatic heterocycles. The first kappa shape index (κ1) is 11.9. The maximum Gasteiger partial charge on any atom is 0.156 e. The van der Waals surface area contributed by atoms with Crippen molar-refractivity contribution in [2.75, 3.05) is 6.54 Å². The van der Waals surface area contributed by atoms with Crippen molar-refractivity contribution in [1.82, 2.24) is 5.32 Å². The lowest BCUT2D eigenvalue weighted by Crippen LogP contribution is -2.31. The summed E-state index contributed by atoms with van der Waals surface area (Å²) in [4.78, 5) is 12.0. The van der Waals surface area contributed by atoms with Crippen LogP contribution in [0.5, 0.6) is 0 Å². The molecule has 0 saturated heterocycles. The molecular weight excluding hydrogens is 186 g/mol. The van der Waals surface area contributed by atoms with E-state index in [0.29, 0.717) is 0 Å². The van der Waals surface area contributed by atoms with Crippen LogP contribution in [-0.2, 0) is 4.79 Å². The highest BCUT2D eigenvalue weighted by Gasteiger charge is 2.21. The number of ketones is 1. The molecule has 0 aliphatic heterocycles. The van der Waals surface area contributed by atoms with Gasteiger partial charge >= 0.3 is 0 Å². The first-order valence-corrected chi connectivity index (χ1v) is 5.48. The topological polar surface area (TPSA) is 29.1 Å². The maximum atomic E-state index is 12.0. The Labute approximate surface area is 91.7 Å². The van der Waals surface area contributed by atoms with Gasteiger partial charge in [-0.05, 0) is 12.1 Å². The molecule has 0 aliphatic rings. The molecule has 15 heavy (non-hydrogen) atoms. The molecular formula is C13H19NO. The third kappa shape index (κ3) is 3.17. The molecule has 1 aromatic carbocycles. The number of nitrogens with one attached hydrogen (secondary N) is 1. The van der Waals surface area contributed by atoms with Crippen molar-refractivity contribution in [1.29, 1.82) is 0 Å². The second kappa shape index (κ2) is 5.66. The van der Waals surface area contributed by atoms with E-state index in [1.807, 2.05) is 51.1 Å². The average Bonchev–Trinajstić information content (AvgIpc) is 2.26. The predicted molar refractivity (Wildman–Crippen MR) is 62.7 cm³/mol. The number of hydrogen-bond acceptors (Lipinski definition) is 2. The fourth-order valence-corrected chi connectivity index (χ4v) is 1.57. The molecule has 1 rings (SSSR count). The molecule has 1 N–H and O–H groups in total. The molecule has 1 aromatic rings. The lowest BCUT2D eigenvalue weighted by atomic mass is 9.95. The predicted octanol–water partition coefficient (Wildman–Crippen LogP) is 2.56. The number of likely N-dealkylation sites (N-methyl/N-ethyl adjacent to an activating group) is 1.